The Hall–Kier alpha value is -3.19. The van der Waals surface area contributed by atoms with Crippen LogP contribution in [0, 0.1) is 6.92 Å². The van der Waals surface area contributed by atoms with Crippen molar-refractivity contribution in [2.24, 2.45) is 0 Å². The third kappa shape index (κ3) is 3.67. The molecule has 0 saturated heterocycles. The van der Waals surface area contributed by atoms with Crippen LogP contribution in [-0.2, 0) is 0 Å². The van der Waals surface area contributed by atoms with Gasteiger partial charge in [-0.05, 0) is 49.0 Å². The van der Waals surface area contributed by atoms with Crippen LogP contribution in [0.2, 0.25) is 0 Å². The average Bonchev–Trinajstić information content (AvgIpc) is 3.01. The second kappa shape index (κ2) is 6.74. The fraction of sp³-hybridized carbons (Fsp3) is 0.0556. The normalized spacial score (nSPS) is 10.4. The summed E-state index contributed by atoms with van der Waals surface area (Å²) >= 11 is 5.13. The number of fused-ring (bicyclic) bond motifs is 1. The summed E-state index contributed by atoms with van der Waals surface area (Å²) in [6, 6.07) is 13.5. The van der Waals surface area contributed by atoms with Crippen LogP contribution in [0.3, 0.4) is 0 Å². The van der Waals surface area contributed by atoms with Crippen molar-refractivity contribution in [3.63, 3.8) is 0 Å². The van der Waals surface area contributed by atoms with Crippen LogP contribution in [0.25, 0.3) is 11.0 Å². The van der Waals surface area contributed by atoms with E-state index in [4.69, 9.17) is 21.7 Å². The molecule has 0 fully saturated rings. The van der Waals surface area contributed by atoms with Crippen LogP contribution < -0.4 is 10.6 Å². The molecule has 0 saturated carbocycles. The van der Waals surface area contributed by atoms with E-state index in [2.05, 4.69) is 10.6 Å². The molecule has 6 nitrogen and oxygen atoms in total. The number of nitrogens with one attached hydrogen (secondary N) is 2. The Morgan fingerprint density at radius 1 is 1.12 bits per heavy atom. The zero-order chi connectivity index (χ0) is 18.0. The number of carboxylic acids is 1. The molecule has 0 aliphatic carbocycles. The molecular formula is C18H14N2O4S. The first kappa shape index (κ1) is 16.7. The maximum absolute atomic E-state index is 12.2. The largest absolute Gasteiger partial charge is 0.478 e. The highest BCUT2D eigenvalue weighted by Crippen LogP contribution is 2.19. The first-order valence-electron chi connectivity index (χ1n) is 7.39. The van der Waals surface area contributed by atoms with Gasteiger partial charge in [0.1, 0.15) is 5.58 Å². The van der Waals surface area contributed by atoms with Crippen molar-refractivity contribution in [2.45, 2.75) is 6.92 Å². The number of para-hydroxylation sites is 1. The second-order valence-corrected chi connectivity index (χ2v) is 5.80. The lowest BCUT2D eigenvalue weighted by atomic mass is 10.1. The lowest BCUT2D eigenvalue weighted by molar-refractivity contribution is 0.0696. The molecule has 0 unspecified atom stereocenters. The van der Waals surface area contributed by atoms with Crippen LogP contribution in [0.4, 0.5) is 5.69 Å². The maximum Gasteiger partial charge on any atom is 0.335 e. The van der Waals surface area contributed by atoms with Crippen molar-refractivity contribution in [2.75, 3.05) is 5.32 Å². The van der Waals surface area contributed by atoms with E-state index in [1.165, 1.54) is 12.1 Å². The van der Waals surface area contributed by atoms with Crippen molar-refractivity contribution in [1.82, 2.24) is 5.32 Å². The zero-order valence-corrected chi connectivity index (χ0v) is 14.0. The zero-order valence-electron chi connectivity index (χ0n) is 13.2. The van der Waals surface area contributed by atoms with Gasteiger partial charge in [0.25, 0.3) is 5.91 Å². The smallest absolute Gasteiger partial charge is 0.335 e. The van der Waals surface area contributed by atoms with Crippen molar-refractivity contribution < 1.29 is 19.1 Å². The van der Waals surface area contributed by atoms with Crippen LogP contribution in [0.1, 0.15) is 26.5 Å². The molecule has 3 aromatic rings. The molecule has 0 bridgehead atoms. The van der Waals surface area contributed by atoms with Gasteiger partial charge in [0.15, 0.2) is 10.9 Å². The van der Waals surface area contributed by atoms with Gasteiger partial charge in [-0.15, -0.1) is 0 Å². The number of anilines is 1. The highest BCUT2D eigenvalue weighted by Gasteiger charge is 2.14. The number of thiocarbonyl (C=S) groups is 1. The highest BCUT2D eigenvalue weighted by atomic mass is 32.1. The van der Waals surface area contributed by atoms with Gasteiger partial charge in [0.2, 0.25) is 0 Å². The number of hydrogen-bond acceptors (Lipinski definition) is 4. The Morgan fingerprint density at radius 2 is 1.88 bits per heavy atom. The van der Waals surface area contributed by atoms with E-state index in [9.17, 15) is 9.59 Å². The van der Waals surface area contributed by atoms with Crippen molar-refractivity contribution in [3.8, 4) is 0 Å². The van der Waals surface area contributed by atoms with E-state index in [1.54, 1.807) is 25.1 Å². The Bertz CT molecular complexity index is 961. The molecule has 1 amide bonds. The quantitative estimate of drug-likeness (QED) is 0.623. The minimum absolute atomic E-state index is 0.0519. The highest BCUT2D eigenvalue weighted by molar-refractivity contribution is 7.80. The summed E-state index contributed by atoms with van der Waals surface area (Å²) in [7, 11) is 0. The van der Waals surface area contributed by atoms with Crippen LogP contribution in [0.15, 0.2) is 52.9 Å². The van der Waals surface area contributed by atoms with Crippen molar-refractivity contribution in [3.05, 3.63) is 65.4 Å². The SMILES string of the molecule is Cc1ccc(C(=O)O)cc1NC(=S)NC(=O)c1cc2ccccc2o1. The van der Waals surface area contributed by atoms with Crippen LogP contribution >= 0.6 is 12.2 Å². The van der Waals surface area contributed by atoms with Gasteiger partial charge in [-0.2, -0.15) is 0 Å². The van der Waals surface area contributed by atoms with Crippen molar-refractivity contribution >= 4 is 45.9 Å². The number of aromatic carboxylic acids is 1. The standard InChI is InChI=1S/C18H14N2O4S/c1-10-6-7-12(17(22)23)8-13(10)19-18(25)20-16(21)15-9-11-4-2-3-5-14(11)24-15/h2-9H,1H3,(H,22,23)(H2,19,20,21,25). The van der Waals surface area contributed by atoms with Gasteiger partial charge in [-0.25, -0.2) is 4.79 Å². The summed E-state index contributed by atoms with van der Waals surface area (Å²) in [5.74, 6) is -1.39. The number of furan rings is 1. The molecule has 0 atom stereocenters. The number of amides is 1. The van der Waals surface area contributed by atoms with E-state index in [-0.39, 0.29) is 16.4 Å². The molecule has 1 heterocycles. The van der Waals surface area contributed by atoms with Crippen LogP contribution in [-0.4, -0.2) is 22.1 Å². The Labute approximate surface area is 148 Å². The summed E-state index contributed by atoms with van der Waals surface area (Å²) in [5.41, 5.74) is 2.04. The molecule has 25 heavy (non-hydrogen) atoms. The van der Waals surface area contributed by atoms with Gasteiger partial charge >= 0.3 is 5.97 Å². The van der Waals surface area contributed by atoms with E-state index >= 15 is 0 Å². The van der Waals surface area contributed by atoms with Gasteiger partial charge in [-0.3, -0.25) is 10.1 Å². The minimum Gasteiger partial charge on any atom is -0.478 e. The monoisotopic (exact) mass is 354 g/mol. The number of benzene rings is 2. The first-order valence-corrected chi connectivity index (χ1v) is 7.80. The topological polar surface area (TPSA) is 91.6 Å². The van der Waals surface area contributed by atoms with Gasteiger partial charge < -0.3 is 14.8 Å². The summed E-state index contributed by atoms with van der Waals surface area (Å²) in [6.07, 6.45) is 0. The van der Waals surface area contributed by atoms with E-state index in [0.29, 0.717) is 11.3 Å². The predicted octanol–water partition coefficient (Wildman–Crippen LogP) is 3.57. The van der Waals surface area contributed by atoms with Crippen molar-refractivity contribution in [1.29, 1.82) is 0 Å². The molecule has 3 rings (SSSR count). The maximum atomic E-state index is 12.2. The Morgan fingerprint density at radius 3 is 2.60 bits per heavy atom. The molecule has 126 valence electrons. The average molecular weight is 354 g/mol. The molecular weight excluding hydrogens is 340 g/mol. The summed E-state index contributed by atoms with van der Waals surface area (Å²) in [5, 5.41) is 15.3. The fourth-order valence-electron chi connectivity index (χ4n) is 2.30. The molecule has 0 aliphatic heterocycles. The fourth-order valence-corrected chi connectivity index (χ4v) is 2.50. The van der Waals surface area contributed by atoms with Gasteiger partial charge in [0.05, 0.1) is 5.56 Å². The summed E-state index contributed by atoms with van der Waals surface area (Å²) in [4.78, 5) is 23.3. The van der Waals surface area contributed by atoms with E-state index in [0.717, 1.165) is 10.9 Å². The molecule has 1 aromatic heterocycles. The predicted molar refractivity (Wildman–Crippen MR) is 98.0 cm³/mol. The lowest BCUT2D eigenvalue weighted by Gasteiger charge is -2.11. The third-order valence-electron chi connectivity index (χ3n) is 3.61. The number of aryl methyl sites for hydroxylation is 1. The van der Waals surface area contributed by atoms with E-state index < -0.39 is 11.9 Å². The minimum atomic E-state index is -1.04. The van der Waals surface area contributed by atoms with Gasteiger partial charge in [0, 0.05) is 11.1 Å². The molecule has 0 aliphatic rings. The lowest BCUT2D eigenvalue weighted by Crippen LogP contribution is -2.34. The van der Waals surface area contributed by atoms with Gasteiger partial charge in [-0.1, -0.05) is 24.3 Å². The molecule has 0 radical (unpaired) electrons. The number of carbonyl (C=O) groups is 2. The molecule has 3 N–H and O–H groups in total. The first-order chi connectivity index (χ1) is 11.9. The number of rotatable bonds is 3. The Balaban J connectivity index is 1.73. The van der Waals surface area contributed by atoms with Crippen LogP contribution in [0.5, 0.6) is 0 Å². The Kier molecular flexibility index (Phi) is 4.49. The summed E-state index contributed by atoms with van der Waals surface area (Å²) in [6.45, 7) is 1.80. The second-order valence-electron chi connectivity index (χ2n) is 5.39. The third-order valence-corrected chi connectivity index (χ3v) is 3.81. The molecule has 2 aromatic carbocycles. The van der Waals surface area contributed by atoms with E-state index in [1.807, 2.05) is 18.2 Å². The number of carbonyl (C=O) groups excluding carboxylic acids is 1. The summed E-state index contributed by atoms with van der Waals surface area (Å²) < 4.78 is 5.48. The number of hydrogen-bond donors (Lipinski definition) is 3. The molecule has 7 heteroatoms. The molecule has 0 spiro atoms. The number of carboxylic acid groups (broad SMARTS) is 1.